The van der Waals surface area contributed by atoms with Crippen LogP contribution in [-0.2, 0) is 9.53 Å². The zero-order valence-electron chi connectivity index (χ0n) is 16.5. The molecule has 3 unspecified atom stereocenters. The third-order valence-electron chi connectivity index (χ3n) is 5.29. The zero-order valence-corrected chi connectivity index (χ0v) is 17.2. The predicted molar refractivity (Wildman–Crippen MR) is 106 cm³/mol. The summed E-state index contributed by atoms with van der Waals surface area (Å²) < 4.78 is 5.31. The number of benzene rings is 1. The van der Waals surface area contributed by atoms with Crippen LogP contribution in [0.1, 0.15) is 58.4 Å². The first kappa shape index (κ1) is 20.0. The monoisotopic (exact) mass is 392 g/mol. The summed E-state index contributed by atoms with van der Waals surface area (Å²) in [4.78, 5) is 24.8. The Bertz CT molecular complexity index is 726. The van der Waals surface area contributed by atoms with Gasteiger partial charge in [-0.3, -0.25) is 4.79 Å². The van der Waals surface area contributed by atoms with Crippen molar-refractivity contribution in [3.63, 3.8) is 0 Å². The fourth-order valence-electron chi connectivity index (χ4n) is 3.55. The van der Waals surface area contributed by atoms with Crippen molar-refractivity contribution in [2.24, 2.45) is 11.8 Å². The number of nitrogens with one attached hydrogen (secondary N) is 2. The highest BCUT2D eigenvalue weighted by molar-refractivity contribution is 6.30. The van der Waals surface area contributed by atoms with Gasteiger partial charge >= 0.3 is 6.09 Å². The molecular weight excluding hydrogens is 364 g/mol. The number of rotatable bonds is 6. The maximum Gasteiger partial charge on any atom is 0.407 e. The van der Waals surface area contributed by atoms with E-state index in [0.717, 1.165) is 24.8 Å². The first-order chi connectivity index (χ1) is 12.6. The van der Waals surface area contributed by atoms with Gasteiger partial charge in [0, 0.05) is 17.5 Å². The van der Waals surface area contributed by atoms with Gasteiger partial charge in [-0.1, -0.05) is 23.7 Å². The largest absolute Gasteiger partial charge is 0.444 e. The van der Waals surface area contributed by atoms with Crippen molar-refractivity contribution >= 4 is 23.6 Å². The van der Waals surface area contributed by atoms with Gasteiger partial charge in [-0.25, -0.2) is 4.79 Å². The standard InChI is InChI=1S/C21H29ClN2O3/c1-20(2,3)27-19(26)23-12-21(4,14-8-9-14)24-18(25)17-11-16(17)13-6-5-7-15(22)10-13/h5-7,10,14,16-17H,8-9,11-12H2,1-4H3,(H,23,26)(H,24,25). The topological polar surface area (TPSA) is 67.4 Å². The highest BCUT2D eigenvalue weighted by Gasteiger charge is 2.49. The molecule has 0 spiro atoms. The third kappa shape index (κ3) is 5.38. The molecule has 148 valence electrons. The van der Waals surface area contributed by atoms with Gasteiger partial charge in [-0.05, 0) is 76.5 Å². The SMILES string of the molecule is CC(C)(C)OC(=O)NCC(C)(NC(=O)C1CC1c1cccc(Cl)c1)C1CC1. The first-order valence-corrected chi connectivity index (χ1v) is 9.99. The summed E-state index contributed by atoms with van der Waals surface area (Å²) in [5, 5.41) is 6.73. The number of halogens is 1. The molecule has 6 heteroatoms. The Balaban J connectivity index is 1.56. The minimum absolute atomic E-state index is 0.0249. The Morgan fingerprint density at radius 2 is 1.93 bits per heavy atom. The normalized spacial score (nSPS) is 23.9. The Morgan fingerprint density at radius 3 is 2.52 bits per heavy atom. The first-order valence-electron chi connectivity index (χ1n) is 9.62. The number of amides is 2. The average Bonchev–Trinajstić information content (AvgIpc) is 3.44. The molecule has 0 heterocycles. The highest BCUT2D eigenvalue weighted by Crippen LogP contribution is 2.49. The van der Waals surface area contributed by atoms with Gasteiger partial charge in [-0.2, -0.15) is 0 Å². The molecule has 0 bridgehead atoms. The summed E-state index contributed by atoms with van der Waals surface area (Å²) in [5.74, 6) is 0.647. The van der Waals surface area contributed by atoms with Crippen molar-refractivity contribution in [3.05, 3.63) is 34.9 Å². The number of carbonyl (C=O) groups excluding carboxylic acids is 2. The second kappa shape index (κ2) is 7.34. The third-order valence-corrected chi connectivity index (χ3v) is 5.53. The van der Waals surface area contributed by atoms with Gasteiger partial charge in [0.2, 0.25) is 5.91 Å². The molecule has 0 radical (unpaired) electrons. The van der Waals surface area contributed by atoms with E-state index in [-0.39, 0.29) is 17.7 Å². The van der Waals surface area contributed by atoms with E-state index >= 15 is 0 Å². The molecule has 1 aromatic carbocycles. The van der Waals surface area contributed by atoms with Crippen LogP contribution in [0.5, 0.6) is 0 Å². The average molecular weight is 393 g/mol. The molecule has 2 N–H and O–H groups in total. The van der Waals surface area contributed by atoms with Crippen LogP contribution in [0.4, 0.5) is 4.79 Å². The molecule has 2 fully saturated rings. The summed E-state index contributed by atoms with van der Waals surface area (Å²) in [5.41, 5.74) is 0.124. The Hall–Kier alpha value is -1.75. The fraction of sp³-hybridized carbons (Fsp3) is 0.619. The van der Waals surface area contributed by atoms with E-state index in [1.807, 2.05) is 52.0 Å². The van der Waals surface area contributed by atoms with Gasteiger partial charge in [-0.15, -0.1) is 0 Å². The van der Waals surface area contributed by atoms with E-state index < -0.39 is 17.2 Å². The van der Waals surface area contributed by atoms with E-state index in [1.54, 1.807) is 0 Å². The van der Waals surface area contributed by atoms with Crippen LogP contribution in [0.2, 0.25) is 5.02 Å². The van der Waals surface area contributed by atoms with Crippen molar-refractivity contribution in [1.82, 2.24) is 10.6 Å². The predicted octanol–water partition coefficient (Wildman–Crippen LogP) is 4.25. The van der Waals surface area contributed by atoms with Crippen LogP contribution >= 0.6 is 11.6 Å². The molecule has 27 heavy (non-hydrogen) atoms. The van der Waals surface area contributed by atoms with Gasteiger partial charge in [0.15, 0.2) is 0 Å². The lowest BCUT2D eigenvalue weighted by Gasteiger charge is -2.32. The summed E-state index contributed by atoms with van der Waals surface area (Å²) in [6, 6.07) is 7.72. The second-order valence-corrected chi connectivity index (χ2v) is 9.48. The second-order valence-electron chi connectivity index (χ2n) is 9.04. The maximum atomic E-state index is 12.8. The molecule has 3 atom stereocenters. The number of hydrogen-bond acceptors (Lipinski definition) is 3. The molecule has 3 rings (SSSR count). The summed E-state index contributed by atoms with van der Waals surface area (Å²) in [6.45, 7) is 7.87. The minimum Gasteiger partial charge on any atom is -0.444 e. The summed E-state index contributed by atoms with van der Waals surface area (Å²) in [7, 11) is 0. The van der Waals surface area contributed by atoms with E-state index in [0.29, 0.717) is 17.5 Å². The van der Waals surface area contributed by atoms with Crippen molar-refractivity contribution in [3.8, 4) is 0 Å². The van der Waals surface area contributed by atoms with E-state index in [9.17, 15) is 9.59 Å². The van der Waals surface area contributed by atoms with Crippen LogP contribution in [0, 0.1) is 11.8 Å². The molecule has 0 aromatic heterocycles. The van der Waals surface area contributed by atoms with Crippen LogP contribution in [0.3, 0.4) is 0 Å². The summed E-state index contributed by atoms with van der Waals surface area (Å²) in [6.07, 6.45) is 2.52. The van der Waals surface area contributed by atoms with Gasteiger partial charge in [0.25, 0.3) is 0 Å². The molecular formula is C21H29ClN2O3. The zero-order chi connectivity index (χ0) is 19.8. The molecule has 0 saturated heterocycles. The highest BCUT2D eigenvalue weighted by atomic mass is 35.5. The quantitative estimate of drug-likeness (QED) is 0.760. The molecule has 1 aromatic rings. The van der Waals surface area contributed by atoms with Crippen molar-refractivity contribution in [2.45, 2.75) is 64.0 Å². The Labute approximate surface area is 166 Å². The molecule has 2 aliphatic carbocycles. The number of hydrogen-bond donors (Lipinski definition) is 2. The smallest absolute Gasteiger partial charge is 0.407 e. The van der Waals surface area contributed by atoms with Crippen molar-refractivity contribution < 1.29 is 14.3 Å². The van der Waals surface area contributed by atoms with Gasteiger partial charge < -0.3 is 15.4 Å². The number of alkyl carbamates (subject to hydrolysis) is 1. The summed E-state index contributed by atoms with van der Waals surface area (Å²) >= 11 is 6.06. The fourth-order valence-corrected chi connectivity index (χ4v) is 3.74. The molecule has 2 saturated carbocycles. The lowest BCUT2D eigenvalue weighted by atomic mass is 9.95. The maximum absolute atomic E-state index is 12.8. The number of carbonyl (C=O) groups is 2. The minimum atomic E-state index is -0.540. The van der Waals surface area contributed by atoms with Crippen molar-refractivity contribution in [2.75, 3.05) is 6.54 Å². The van der Waals surface area contributed by atoms with Crippen LogP contribution in [-0.4, -0.2) is 29.7 Å². The van der Waals surface area contributed by atoms with Gasteiger partial charge in [0.05, 0.1) is 5.54 Å². The molecule has 5 nitrogen and oxygen atoms in total. The van der Waals surface area contributed by atoms with Crippen LogP contribution in [0.15, 0.2) is 24.3 Å². The lowest BCUT2D eigenvalue weighted by Crippen LogP contribution is -2.56. The molecule has 2 aliphatic rings. The Morgan fingerprint density at radius 1 is 1.22 bits per heavy atom. The molecule has 2 amide bonds. The van der Waals surface area contributed by atoms with Crippen LogP contribution < -0.4 is 10.6 Å². The van der Waals surface area contributed by atoms with E-state index in [1.165, 1.54) is 0 Å². The van der Waals surface area contributed by atoms with E-state index in [2.05, 4.69) is 10.6 Å². The molecule has 0 aliphatic heterocycles. The number of ether oxygens (including phenoxy) is 1. The van der Waals surface area contributed by atoms with E-state index in [4.69, 9.17) is 16.3 Å². The van der Waals surface area contributed by atoms with Crippen LogP contribution in [0.25, 0.3) is 0 Å². The lowest BCUT2D eigenvalue weighted by molar-refractivity contribution is -0.124. The Kier molecular flexibility index (Phi) is 5.44. The van der Waals surface area contributed by atoms with Crippen molar-refractivity contribution in [1.29, 1.82) is 0 Å². The van der Waals surface area contributed by atoms with Gasteiger partial charge in [0.1, 0.15) is 5.60 Å².